The quantitative estimate of drug-likeness (QED) is 0.680. The van der Waals surface area contributed by atoms with Crippen molar-refractivity contribution in [2.45, 2.75) is 32.4 Å². The van der Waals surface area contributed by atoms with E-state index in [1.165, 1.54) is 0 Å². The van der Waals surface area contributed by atoms with Crippen LogP contribution in [0.25, 0.3) is 11.0 Å². The number of carbonyl (C=O) groups is 1. The van der Waals surface area contributed by atoms with E-state index in [4.69, 9.17) is 14.2 Å². The molecule has 3 heterocycles. The lowest BCUT2D eigenvalue weighted by molar-refractivity contribution is -0.136. The fourth-order valence-corrected chi connectivity index (χ4v) is 4.24. The van der Waals surface area contributed by atoms with Gasteiger partial charge in [0.2, 0.25) is 6.79 Å². The van der Waals surface area contributed by atoms with Crippen LogP contribution in [-0.2, 0) is 4.79 Å². The number of amides is 1. The van der Waals surface area contributed by atoms with Gasteiger partial charge in [-0.2, -0.15) is 0 Å². The molecule has 0 aliphatic carbocycles. The molecule has 3 aromatic rings. The average Bonchev–Trinajstić information content (AvgIpc) is 3.44. The summed E-state index contributed by atoms with van der Waals surface area (Å²) in [6.45, 7) is 5.40. The number of benzene rings is 2. The molecule has 2 aliphatic rings. The van der Waals surface area contributed by atoms with Gasteiger partial charge in [0.25, 0.3) is 5.91 Å². The zero-order valence-electron chi connectivity index (χ0n) is 16.5. The van der Waals surface area contributed by atoms with Crippen LogP contribution in [0.15, 0.2) is 42.5 Å². The van der Waals surface area contributed by atoms with Crippen molar-refractivity contribution in [3.63, 3.8) is 0 Å². The Morgan fingerprint density at radius 3 is 2.93 bits per heavy atom. The van der Waals surface area contributed by atoms with Crippen molar-refractivity contribution < 1.29 is 19.0 Å². The lowest BCUT2D eigenvalue weighted by Gasteiger charge is -2.22. The predicted octanol–water partition coefficient (Wildman–Crippen LogP) is 3.31. The molecule has 0 saturated carbocycles. The van der Waals surface area contributed by atoms with E-state index in [2.05, 4.69) is 15.6 Å². The van der Waals surface area contributed by atoms with Gasteiger partial charge in [-0.05, 0) is 44.5 Å². The number of likely N-dealkylation sites (tertiary alicyclic amines) is 1. The zero-order chi connectivity index (χ0) is 20.0. The van der Waals surface area contributed by atoms with Crippen LogP contribution in [0.1, 0.15) is 25.2 Å². The molecule has 2 atom stereocenters. The van der Waals surface area contributed by atoms with Crippen LogP contribution in [0.2, 0.25) is 0 Å². The van der Waals surface area contributed by atoms with Crippen molar-refractivity contribution in [1.29, 1.82) is 0 Å². The summed E-state index contributed by atoms with van der Waals surface area (Å²) in [5, 5.41) is 0. The summed E-state index contributed by atoms with van der Waals surface area (Å²) in [5.74, 6) is 2.91. The summed E-state index contributed by atoms with van der Waals surface area (Å²) in [5.41, 5.74) is 2.11. The maximum atomic E-state index is 13.0. The zero-order valence-corrected chi connectivity index (χ0v) is 16.5. The minimum absolute atomic E-state index is 0.00718. The first-order valence-electron chi connectivity index (χ1n) is 9.89. The number of aryl methyl sites for hydroxylation is 1. The standard InChI is InChI=1S/C22H23N3O4/c1-14(29-17-7-8-20-21(11-17)28-13-27-20)22(26)24-10-9-16(12-24)25-15(2)23-18-5-3-4-6-19(18)25/h3-8,11,14,16H,9-10,12-13H2,1-2H3/t14-,16+/m0/s1. The van der Waals surface area contributed by atoms with Crippen molar-refractivity contribution in [3.8, 4) is 17.2 Å². The second-order valence-corrected chi connectivity index (χ2v) is 7.52. The van der Waals surface area contributed by atoms with Crippen LogP contribution in [0.4, 0.5) is 0 Å². The van der Waals surface area contributed by atoms with Crippen molar-refractivity contribution in [1.82, 2.24) is 14.5 Å². The molecule has 0 bridgehead atoms. The Kier molecular flexibility index (Phi) is 4.30. The van der Waals surface area contributed by atoms with Gasteiger partial charge in [-0.15, -0.1) is 0 Å². The second kappa shape index (κ2) is 6.99. The third kappa shape index (κ3) is 3.16. The van der Waals surface area contributed by atoms with Gasteiger partial charge in [0.05, 0.1) is 17.1 Å². The van der Waals surface area contributed by atoms with E-state index in [1.807, 2.05) is 30.0 Å². The highest BCUT2D eigenvalue weighted by molar-refractivity contribution is 5.81. The molecule has 150 valence electrons. The topological polar surface area (TPSA) is 65.8 Å². The molecular formula is C22H23N3O4. The Morgan fingerprint density at radius 2 is 2.03 bits per heavy atom. The van der Waals surface area contributed by atoms with E-state index in [0.29, 0.717) is 30.3 Å². The van der Waals surface area contributed by atoms with E-state index in [0.717, 1.165) is 23.3 Å². The Hall–Kier alpha value is -3.22. The van der Waals surface area contributed by atoms with Gasteiger partial charge in [0, 0.05) is 19.2 Å². The molecule has 7 heteroatoms. The van der Waals surface area contributed by atoms with Crippen molar-refractivity contribution in [3.05, 3.63) is 48.3 Å². The van der Waals surface area contributed by atoms with Gasteiger partial charge in [-0.1, -0.05) is 12.1 Å². The van der Waals surface area contributed by atoms with E-state index < -0.39 is 6.10 Å². The van der Waals surface area contributed by atoms with Gasteiger partial charge >= 0.3 is 0 Å². The molecule has 5 rings (SSSR count). The van der Waals surface area contributed by atoms with Crippen molar-refractivity contribution in [2.75, 3.05) is 19.9 Å². The highest BCUT2D eigenvalue weighted by Gasteiger charge is 2.32. The van der Waals surface area contributed by atoms with Crippen molar-refractivity contribution >= 4 is 16.9 Å². The van der Waals surface area contributed by atoms with Gasteiger partial charge in [0.1, 0.15) is 11.6 Å². The molecule has 1 saturated heterocycles. The first-order chi connectivity index (χ1) is 14.1. The van der Waals surface area contributed by atoms with Gasteiger partial charge < -0.3 is 23.7 Å². The maximum Gasteiger partial charge on any atom is 0.263 e. The minimum Gasteiger partial charge on any atom is -0.481 e. The van der Waals surface area contributed by atoms with Crippen LogP contribution >= 0.6 is 0 Å². The van der Waals surface area contributed by atoms with Gasteiger partial charge in [-0.25, -0.2) is 4.98 Å². The number of hydrogen-bond acceptors (Lipinski definition) is 5. The van der Waals surface area contributed by atoms with Crippen LogP contribution in [0.3, 0.4) is 0 Å². The monoisotopic (exact) mass is 393 g/mol. The largest absolute Gasteiger partial charge is 0.481 e. The Morgan fingerprint density at radius 1 is 1.21 bits per heavy atom. The smallest absolute Gasteiger partial charge is 0.263 e. The molecule has 0 spiro atoms. The molecule has 7 nitrogen and oxygen atoms in total. The van der Waals surface area contributed by atoms with E-state index >= 15 is 0 Å². The van der Waals surface area contributed by atoms with Crippen LogP contribution in [0, 0.1) is 6.92 Å². The number of nitrogens with zero attached hydrogens (tertiary/aromatic N) is 3. The fraction of sp³-hybridized carbons (Fsp3) is 0.364. The summed E-state index contributed by atoms with van der Waals surface area (Å²) in [6.07, 6.45) is 0.332. The van der Waals surface area contributed by atoms with Gasteiger partial charge in [0.15, 0.2) is 17.6 Å². The molecule has 1 amide bonds. The Balaban J connectivity index is 1.28. The highest BCUT2D eigenvalue weighted by Crippen LogP contribution is 2.35. The molecule has 0 unspecified atom stereocenters. The minimum atomic E-state index is -0.574. The molecule has 29 heavy (non-hydrogen) atoms. The van der Waals surface area contributed by atoms with Crippen LogP contribution < -0.4 is 14.2 Å². The number of imidazole rings is 1. The number of fused-ring (bicyclic) bond motifs is 2. The second-order valence-electron chi connectivity index (χ2n) is 7.52. The maximum absolute atomic E-state index is 13.0. The Bertz CT molecular complexity index is 1080. The lowest BCUT2D eigenvalue weighted by Crippen LogP contribution is -2.39. The molecule has 2 aliphatic heterocycles. The highest BCUT2D eigenvalue weighted by atomic mass is 16.7. The summed E-state index contributed by atoms with van der Waals surface area (Å²) in [6, 6.07) is 13.7. The third-order valence-electron chi connectivity index (χ3n) is 5.62. The summed E-state index contributed by atoms with van der Waals surface area (Å²) < 4.78 is 18.8. The predicted molar refractivity (Wildman–Crippen MR) is 107 cm³/mol. The van der Waals surface area contributed by atoms with Crippen molar-refractivity contribution in [2.24, 2.45) is 0 Å². The third-order valence-corrected chi connectivity index (χ3v) is 5.62. The first kappa shape index (κ1) is 17.8. The van der Waals surface area contributed by atoms with E-state index in [9.17, 15) is 4.79 Å². The number of aromatic nitrogens is 2. The van der Waals surface area contributed by atoms with Crippen LogP contribution in [0.5, 0.6) is 17.2 Å². The molecular weight excluding hydrogens is 370 g/mol. The molecule has 1 aromatic heterocycles. The summed E-state index contributed by atoms with van der Waals surface area (Å²) >= 11 is 0. The first-order valence-corrected chi connectivity index (χ1v) is 9.89. The molecule has 2 aromatic carbocycles. The number of hydrogen-bond donors (Lipinski definition) is 0. The number of ether oxygens (including phenoxy) is 3. The molecule has 0 N–H and O–H groups in total. The normalized spacial score (nSPS) is 19.0. The number of para-hydroxylation sites is 2. The fourth-order valence-electron chi connectivity index (χ4n) is 4.24. The van der Waals surface area contributed by atoms with Gasteiger partial charge in [-0.3, -0.25) is 4.79 Å². The number of carbonyl (C=O) groups excluding carboxylic acids is 1. The summed E-state index contributed by atoms with van der Waals surface area (Å²) in [7, 11) is 0. The SMILES string of the molecule is Cc1nc2ccccc2n1[C@@H]1CCN(C(=O)[C@H](C)Oc2ccc3c(c2)OCO3)C1. The lowest BCUT2D eigenvalue weighted by atomic mass is 10.2. The van der Waals surface area contributed by atoms with E-state index in [1.54, 1.807) is 25.1 Å². The molecule has 0 radical (unpaired) electrons. The summed E-state index contributed by atoms with van der Waals surface area (Å²) in [4.78, 5) is 19.5. The number of rotatable bonds is 4. The molecule has 1 fully saturated rings. The average molecular weight is 393 g/mol. The van der Waals surface area contributed by atoms with Crippen LogP contribution in [-0.4, -0.2) is 46.3 Å². The van der Waals surface area contributed by atoms with E-state index in [-0.39, 0.29) is 18.7 Å². The Labute approximate surface area is 168 Å².